The molecule has 3 rings (SSSR count). The van der Waals surface area contributed by atoms with Gasteiger partial charge in [0.05, 0.1) is 22.0 Å². The van der Waals surface area contributed by atoms with E-state index in [0.717, 1.165) is 17.7 Å². The van der Waals surface area contributed by atoms with Crippen molar-refractivity contribution < 1.29 is 4.79 Å². The zero-order valence-corrected chi connectivity index (χ0v) is 14.6. The number of rotatable bonds is 3. The van der Waals surface area contributed by atoms with E-state index in [2.05, 4.69) is 19.9 Å². The second-order valence-electron chi connectivity index (χ2n) is 6.04. The predicted octanol–water partition coefficient (Wildman–Crippen LogP) is 5.45. The van der Waals surface area contributed by atoms with Crippen LogP contribution in [0.2, 0.25) is 8.67 Å². The fraction of sp³-hybridized carbons (Fsp3) is 0.294. The van der Waals surface area contributed by atoms with Gasteiger partial charge in [0.25, 0.3) is 0 Å². The number of aliphatic imine (C=N–C) groups is 1. The van der Waals surface area contributed by atoms with Crippen LogP contribution in [0.15, 0.2) is 35.3 Å². The summed E-state index contributed by atoms with van der Waals surface area (Å²) in [6, 6.07) is 9.77. The number of benzene rings is 1. The molecule has 22 heavy (non-hydrogen) atoms. The molecule has 0 saturated carbocycles. The van der Waals surface area contributed by atoms with E-state index in [1.807, 2.05) is 18.2 Å². The van der Waals surface area contributed by atoms with E-state index in [-0.39, 0.29) is 17.7 Å². The largest absolute Gasteiger partial charge is 0.294 e. The lowest BCUT2D eigenvalue weighted by Gasteiger charge is -2.28. The average molecular weight is 352 g/mol. The molecule has 1 aliphatic rings. The summed E-state index contributed by atoms with van der Waals surface area (Å²) in [5.41, 5.74) is 3.42. The third-order valence-electron chi connectivity index (χ3n) is 3.67. The SMILES string of the molecule is CC1(C)Cc2ccccc2C(CC(=O)c2cc(Cl)sc2Cl)=N1. The van der Waals surface area contributed by atoms with Crippen LogP contribution in [0.1, 0.15) is 41.8 Å². The number of nitrogens with zero attached hydrogens (tertiary/aromatic N) is 1. The molecule has 5 heteroatoms. The van der Waals surface area contributed by atoms with Crippen molar-refractivity contribution in [3.05, 3.63) is 55.7 Å². The second-order valence-corrected chi connectivity index (χ2v) is 8.33. The molecule has 0 N–H and O–H groups in total. The van der Waals surface area contributed by atoms with Crippen LogP contribution in [0.5, 0.6) is 0 Å². The minimum atomic E-state index is -0.194. The third-order valence-corrected chi connectivity index (χ3v) is 5.16. The first-order valence-electron chi connectivity index (χ1n) is 7.01. The van der Waals surface area contributed by atoms with Crippen molar-refractivity contribution in [1.82, 2.24) is 0 Å². The first-order valence-corrected chi connectivity index (χ1v) is 8.58. The molecule has 2 nitrogen and oxygen atoms in total. The van der Waals surface area contributed by atoms with Crippen LogP contribution < -0.4 is 0 Å². The van der Waals surface area contributed by atoms with Crippen molar-refractivity contribution >= 4 is 46.0 Å². The number of halogens is 2. The Hall–Kier alpha value is -1.16. The van der Waals surface area contributed by atoms with E-state index in [4.69, 9.17) is 28.2 Å². The molecule has 0 saturated heterocycles. The van der Waals surface area contributed by atoms with E-state index >= 15 is 0 Å². The summed E-state index contributed by atoms with van der Waals surface area (Å²) >= 11 is 13.2. The predicted molar refractivity (Wildman–Crippen MR) is 94.0 cm³/mol. The lowest BCUT2D eigenvalue weighted by Crippen LogP contribution is -2.29. The van der Waals surface area contributed by atoms with Gasteiger partial charge in [-0.3, -0.25) is 9.79 Å². The molecule has 114 valence electrons. The van der Waals surface area contributed by atoms with Crippen LogP contribution in [-0.2, 0) is 6.42 Å². The van der Waals surface area contributed by atoms with Crippen molar-refractivity contribution in [2.45, 2.75) is 32.2 Å². The van der Waals surface area contributed by atoms with Crippen LogP contribution in [0.4, 0.5) is 0 Å². The first kappa shape index (κ1) is 15.7. The molecule has 0 fully saturated rings. The maximum Gasteiger partial charge on any atom is 0.171 e. The molecule has 1 aliphatic heterocycles. The minimum absolute atomic E-state index is 0.0422. The summed E-state index contributed by atoms with van der Waals surface area (Å²) < 4.78 is 0.971. The summed E-state index contributed by atoms with van der Waals surface area (Å²) in [6.07, 6.45) is 1.12. The van der Waals surface area contributed by atoms with E-state index in [1.54, 1.807) is 6.07 Å². The molecule has 0 atom stereocenters. The van der Waals surface area contributed by atoms with E-state index < -0.39 is 0 Å². The Morgan fingerprint density at radius 3 is 2.73 bits per heavy atom. The topological polar surface area (TPSA) is 29.4 Å². The van der Waals surface area contributed by atoms with Gasteiger partial charge >= 0.3 is 0 Å². The van der Waals surface area contributed by atoms with Crippen molar-refractivity contribution in [2.24, 2.45) is 4.99 Å². The number of carbonyl (C=O) groups excluding carboxylic acids is 1. The molecular formula is C17H15Cl2NOS. The molecule has 1 aromatic heterocycles. The molecule has 0 spiro atoms. The maximum absolute atomic E-state index is 12.6. The average Bonchev–Trinajstić information content (AvgIpc) is 2.76. The Balaban J connectivity index is 1.95. The van der Waals surface area contributed by atoms with Gasteiger partial charge in [0.1, 0.15) is 4.34 Å². The van der Waals surface area contributed by atoms with Crippen LogP contribution in [0, 0.1) is 0 Å². The molecule has 0 amide bonds. The quantitative estimate of drug-likeness (QED) is 0.675. The molecule has 2 aromatic rings. The second kappa shape index (κ2) is 5.80. The Morgan fingerprint density at radius 1 is 1.32 bits per heavy atom. The summed E-state index contributed by atoms with van der Waals surface area (Å²) in [6.45, 7) is 4.17. The Morgan fingerprint density at radius 2 is 2.05 bits per heavy atom. The number of hydrogen-bond donors (Lipinski definition) is 0. The number of thiophene rings is 1. The van der Waals surface area contributed by atoms with Gasteiger partial charge in [0.15, 0.2) is 5.78 Å². The zero-order valence-electron chi connectivity index (χ0n) is 12.3. The van der Waals surface area contributed by atoms with Crippen molar-refractivity contribution in [3.63, 3.8) is 0 Å². The summed E-state index contributed by atoms with van der Waals surface area (Å²) in [5.74, 6) is -0.0422. The normalized spacial score (nSPS) is 16.1. The highest BCUT2D eigenvalue weighted by atomic mass is 35.5. The van der Waals surface area contributed by atoms with Crippen molar-refractivity contribution in [2.75, 3.05) is 0 Å². The van der Waals surface area contributed by atoms with Crippen LogP contribution in [0.3, 0.4) is 0 Å². The van der Waals surface area contributed by atoms with Gasteiger partial charge in [-0.05, 0) is 37.5 Å². The molecule has 0 radical (unpaired) electrons. The highest BCUT2D eigenvalue weighted by Gasteiger charge is 2.28. The lowest BCUT2D eigenvalue weighted by molar-refractivity contribution is 0.100. The van der Waals surface area contributed by atoms with E-state index in [9.17, 15) is 4.79 Å². The number of ketones is 1. The zero-order chi connectivity index (χ0) is 15.9. The summed E-state index contributed by atoms with van der Waals surface area (Å²) in [5, 5.41) is 0. The third kappa shape index (κ3) is 3.12. The van der Waals surface area contributed by atoms with Gasteiger partial charge in [0.2, 0.25) is 0 Å². The Kier molecular flexibility index (Phi) is 4.15. The lowest BCUT2D eigenvalue weighted by atomic mass is 9.85. The molecule has 1 aromatic carbocycles. The van der Waals surface area contributed by atoms with Crippen molar-refractivity contribution in [1.29, 1.82) is 0 Å². The Labute approximate surface area is 143 Å². The summed E-state index contributed by atoms with van der Waals surface area (Å²) in [7, 11) is 0. The standard InChI is InChI=1S/C17H15Cl2NOS/c1-17(2)9-10-5-3-4-6-11(10)13(20-17)8-14(21)12-7-15(18)22-16(12)19/h3-7H,8-9H2,1-2H3. The fourth-order valence-corrected chi connectivity index (χ4v) is 4.30. The smallest absolute Gasteiger partial charge is 0.171 e. The minimum Gasteiger partial charge on any atom is -0.294 e. The van der Waals surface area contributed by atoms with Gasteiger partial charge < -0.3 is 0 Å². The number of carbonyl (C=O) groups is 1. The van der Waals surface area contributed by atoms with Gasteiger partial charge in [-0.1, -0.05) is 47.5 Å². The van der Waals surface area contributed by atoms with Gasteiger partial charge in [-0.25, -0.2) is 0 Å². The highest BCUT2D eigenvalue weighted by molar-refractivity contribution is 7.20. The van der Waals surface area contributed by atoms with Gasteiger partial charge in [0, 0.05) is 5.56 Å². The van der Waals surface area contributed by atoms with E-state index in [0.29, 0.717) is 14.2 Å². The van der Waals surface area contributed by atoms with Crippen molar-refractivity contribution in [3.8, 4) is 0 Å². The van der Waals surface area contributed by atoms with Gasteiger partial charge in [-0.15, -0.1) is 11.3 Å². The molecule has 0 bridgehead atoms. The van der Waals surface area contributed by atoms with Crippen LogP contribution in [-0.4, -0.2) is 17.0 Å². The fourth-order valence-electron chi connectivity index (χ4n) is 2.80. The van der Waals surface area contributed by atoms with E-state index in [1.165, 1.54) is 16.9 Å². The Bertz CT molecular complexity index is 777. The number of fused-ring (bicyclic) bond motifs is 1. The first-order chi connectivity index (χ1) is 10.4. The molecule has 2 heterocycles. The van der Waals surface area contributed by atoms with Crippen LogP contribution in [0.25, 0.3) is 0 Å². The maximum atomic E-state index is 12.6. The monoisotopic (exact) mass is 351 g/mol. The van der Waals surface area contributed by atoms with Crippen LogP contribution >= 0.6 is 34.5 Å². The number of Topliss-reactive ketones (excluding diaryl/α,β-unsaturated/α-hetero) is 1. The number of hydrogen-bond acceptors (Lipinski definition) is 3. The molecule has 0 aliphatic carbocycles. The summed E-state index contributed by atoms with van der Waals surface area (Å²) in [4.78, 5) is 17.3. The molecular weight excluding hydrogens is 337 g/mol. The highest BCUT2D eigenvalue weighted by Crippen LogP contribution is 2.33. The van der Waals surface area contributed by atoms with Gasteiger partial charge in [-0.2, -0.15) is 0 Å². The molecule has 0 unspecified atom stereocenters.